The molecular weight excluding hydrogens is 327 g/mol. The standard InChI is InChI=1S/C8H13Si.2CH3.Hf/c1-9(2,3)8-6-4-5-7-8;;;/h4-7H,1-3H3;2*1H3;. The molecule has 0 aromatic carbocycles. The van der Waals surface area contributed by atoms with E-state index in [4.69, 9.17) is 0 Å². The van der Waals surface area contributed by atoms with Crippen LogP contribution in [-0.2, 0) is 21.4 Å². The van der Waals surface area contributed by atoms with Gasteiger partial charge < -0.3 is 0 Å². The van der Waals surface area contributed by atoms with Gasteiger partial charge in [0.15, 0.2) is 0 Å². The first-order chi connectivity index (χ1) is 5.41. The summed E-state index contributed by atoms with van der Waals surface area (Å²) in [5.41, 5.74) is 0. The molecule has 0 aromatic rings. The predicted molar refractivity (Wildman–Crippen MR) is 56.0 cm³/mol. The Morgan fingerprint density at radius 3 is 2.08 bits per heavy atom. The van der Waals surface area contributed by atoms with Gasteiger partial charge in [0.2, 0.25) is 0 Å². The second kappa shape index (κ2) is 3.75. The molecule has 0 radical (unpaired) electrons. The third-order valence-electron chi connectivity index (χ3n) is 2.37. The number of allylic oxidation sites excluding steroid dienone is 4. The van der Waals surface area contributed by atoms with Gasteiger partial charge in [-0.2, -0.15) is 0 Å². The molecule has 12 heavy (non-hydrogen) atoms. The summed E-state index contributed by atoms with van der Waals surface area (Å²) >= 11 is -1.13. The monoisotopic (exact) mass is 347 g/mol. The van der Waals surface area contributed by atoms with Crippen molar-refractivity contribution < 1.29 is 21.4 Å². The molecule has 1 aliphatic carbocycles. The average molecular weight is 346 g/mol. The van der Waals surface area contributed by atoms with Crippen molar-refractivity contribution in [3.63, 3.8) is 0 Å². The summed E-state index contributed by atoms with van der Waals surface area (Å²) in [6, 6.07) is 0. The molecule has 0 saturated heterocycles. The fourth-order valence-electron chi connectivity index (χ4n) is 1.37. The van der Waals surface area contributed by atoms with Crippen molar-refractivity contribution in [3.8, 4) is 0 Å². The Labute approximate surface area is 85.3 Å². The molecule has 0 N–H and O–H groups in total. The van der Waals surface area contributed by atoms with Crippen molar-refractivity contribution >= 4 is 8.07 Å². The summed E-state index contributed by atoms with van der Waals surface area (Å²) in [5.74, 6) is 0. The summed E-state index contributed by atoms with van der Waals surface area (Å²) in [4.78, 5) is 0. The molecule has 0 aliphatic heterocycles. The Hall–Kier alpha value is 0.567. The van der Waals surface area contributed by atoms with Crippen molar-refractivity contribution in [2.45, 2.75) is 32.7 Å². The molecular formula is C10H19HfSi. The Morgan fingerprint density at radius 2 is 1.83 bits per heavy atom. The third-order valence-corrected chi connectivity index (χ3v) is 10.5. The van der Waals surface area contributed by atoms with E-state index in [1.54, 1.807) is 5.20 Å². The Bertz CT molecular complexity index is 220. The SMILES string of the molecule is [CH3][Hf]([CH3])[CH]1C=CC([Si](C)(C)C)=C1. The minimum absolute atomic E-state index is 0.914. The van der Waals surface area contributed by atoms with Gasteiger partial charge in [0, 0.05) is 0 Å². The summed E-state index contributed by atoms with van der Waals surface area (Å²) in [6.07, 6.45) is 7.42. The normalized spacial score (nSPS) is 22.8. The summed E-state index contributed by atoms with van der Waals surface area (Å²) in [6.45, 7) is 7.30. The summed E-state index contributed by atoms with van der Waals surface area (Å²) in [5, 5.41) is 1.68. The van der Waals surface area contributed by atoms with Crippen LogP contribution in [-0.4, -0.2) is 8.07 Å². The molecule has 1 atom stereocenters. The summed E-state index contributed by atoms with van der Waals surface area (Å²) < 4.78 is 5.92. The molecule has 1 rings (SSSR count). The van der Waals surface area contributed by atoms with Crippen LogP contribution in [0.2, 0.25) is 32.7 Å². The zero-order valence-corrected chi connectivity index (χ0v) is 13.4. The van der Waals surface area contributed by atoms with Gasteiger partial charge in [-0.15, -0.1) is 0 Å². The van der Waals surface area contributed by atoms with Crippen molar-refractivity contribution in [1.29, 1.82) is 0 Å². The first-order valence-corrected chi connectivity index (χ1v) is 17.4. The van der Waals surface area contributed by atoms with Crippen LogP contribution in [0.1, 0.15) is 0 Å². The van der Waals surface area contributed by atoms with E-state index in [1.165, 1.54) is 0 Å². The second-order valence-electron chi connectivity index (χ2n) is 4.83. The zero-order valence-electron chi connectivity index (χ0n) is 8.81. The fraction of sp³-hybridized carbons (Fsp3) is 0.600. The molecule has 1 unspecified atom stereocenters. The van der Waals surface area contributed by atoms with Gasteiger partial charge in [0.05, 0.1) is 0 Å². The molecule has 67 valence electrons. The number of hydrogen-bond acceptors (Lipinski definition) is 0. The van der Waals surface area contributed by atoms with E-state index in [1.807, 2.05) is 0 Å². The summed E-state index contributed by atoms with van der Waals surface area (Å²) in [7, 11) is -1.00. The molecule has 0 amide bonds. The van der Waals surface area contributed by atoms with Crippen LogP contribution >= 0.6 is 0 Å². The van der Waals surface area contributed by atoms with E-state index in [0.717, 1.165) is 3.67 Å². The van der Waals surface area contributed by atoms with Crippen LogP contribution < -0.4 is 0 Å². The van der Waals surface area contributed by atoms with Crippen LogP contribution in [0.4, 0.5) is 0 Å². The molecule has 0 bridgehead atoms. The van der Waals surface area contributed by atoms with Crippen molar-refractivity contribution in [3.05, 3.63) is 23.4 Å². The van der Waals surface area contributed by atoms with Crippen LogP contribution in [0.3, 0.4) is 0 Å². The Kier molecular flexibility index (Phi) is 3.32. The van der Waals surface area contributed by atoms with Crippen LogP contribution in [0, 0.1) is 0 Å². The first-order valence-electron chi connectivity index (χ1n) is 4.62. The predicted octanol–water partition coefficient (Wildman–Crippen LogP) is 3.86. The Balaban J connectivity index is 2.75. The molecule has 2 heteroatoms. The molecule has 0 nitrogen and oxygen atoms in total. The van der Waals surface area contributed by atoms with Crippen LogP contribution in [0.25, 0.3) is 0 Å². The van der Waals surface area contributed by atoms with Gasteiger partial charge in [-0.3, -0.25) is 0 Å². The maximum absolute atomic E-state index is 2.56. The van der Waals surface area contributed by atoms with E-state index in [9.17, 15) is 0 Å². The molecule has 0 spiro atoms. The van der Waals surface area contributed by atoms with Crippen LogP contribution in [0.15, 0.2) is 23.4 Å². The van der Waals surface area contributed by atoms with E-state index in [2.05, 4.69) is 47.2 Å². The van der Waals surface area contributed by atoms with Crippen molar-refractivity contribution in [1.82, 2.24) is 0 Å². The molecule has 0 aromatic heterocycles. The average Bonchev–Trinajstić information content (AvgIpc) is 2.30. The topological polar surface area (TPSA) is 0 Å². The molecule has 0 fully saturated rings. The van der Waals surface area contributed by atoms with E-state index in [0.29, 0.717) is 0 Å². The quantitative estimate of drug-likeness (QED) is 0.667. The van der Waals surface area contributed by atoms with Crippen LogP contribution in [0.5, 0.6) is 0 Å². The van der Waals surface area contributed by atoms with Gasteiger partial charge in [-0.25, -0.2) is 0 Å². The minimum atomic E-state index is -1.13. The number of rotatable bonds is 2. The number of hydrogen-bond donors (Lipinski definition) is 0. The van der Waals surface area contributed by atoms with E-state index >= 15 is 0 Å². The van der Waals surface area contributed by atoms with Gasteiger partial charge >= 0.3 is 85.6 Å². The van der Waals surface area contributed by atoms with Crippen molar-refractivity contribution in [2.24, 2.45) is 0 Å². The molecule has 0 saturated carbocycles. The first kappa shape index (κ1) is 10.6. The van der Waals surface area contributed by atoms with Crippen molar-refractivity contribution in [2.75, 3.05) is 0 Å². The Morgan fingerprint density at radius 1 is 1.25 bits per heavy atom. The zero-order chi connectivity index (χ0) is 9.35. The molecule has 0 heterocycles. The fourth-order valence-corrected chi connectivity index (χ4v) is 6.82. The third kappa shape index (κ3) is 2.53. The van der Waals surface area contributed by atoms with Gasteiger partial charge in [0.25, 0.3) is 0 Å². The second-order valence-corrected chi connectivity index (χ2v) is 20.0. The molecule has 1 aliphatic rings. The van der Waals surface area contributed by atoms with E-state index in [-0.39, 0.29) is 0 Å². The van der Waals surface area contributed by atoms with Gasteiger partial charge in [-0.1, -0.05) is 0 Å². The van der Waals surface area contributed by atoms with E-state index < -0.39 is 29.5 Å². The van der Waals surface area contributed by atoms with Gasteiger partial charge in [0.1, 0.15) is 0 Å². The maximum atomic E-state index is 2.56. The van der Waals surface area contributed by atoms with Gasteiger partial charge in [-0.05, 0) is 0 Å².